The quantitative estimate of drug-likeness (QED) is 0.686. The molecule has 0 bridgehead atoms. The summed E-state index contributed by atoms with van der Waals surface area (Å²) in [5.74, 6) is 1.45. The molecule has 6 nitrogen and oxygen atoms in total. The van der Waals surface area contributed by atoms with Crippen molar-refractivity contribution in [1.82, 2.24) is 10.2 Å². The van der Waals surface area contributed by atoms with Gasteiger partial charge in [-0.05, 0) is 12.1 Å². The fourth-order valence-corrected chi connectivity index (χ4v) is 1.83. The lowest BCUT2D eigenvalue weighted by Gasteiger charge is -2.19. The van der Waals surface area contributed by atoms with Gasteiger partial charge in [-0.25, -0.2) is 0 Å². The summed E-state index contributed by atoms with van der Waals surface area (Å²) < 4.78 is 15.4. The maximum absolute atomic E-state index is 12.0. The number of amides is 1. The Morgan fingerprint density at radius 1 is 1.24 bits per heavy atom. The highest BCUT2D eigenvalue weighted by Gasteiger charge is 2.12. The maximum atomic E-state index is 12.0. The van der Waals surface area contributed by atoms with Crippen LogP contribution in [-0.2, 0) is 16.1 Å². The summed E-state index contributed by atoms with van der Waals surface area (Å²) in [7, 11) is 6.61. The highest BCUT2D eigenvalue weighted by Crippen LogP contribution is 2.25. The van der Waals surface area contributed by atoms with Gasteiger partial charge in [0.15, 0.2) is 0 Å². The number of methoxy groups -OCH3 is 3. The van der Waals surface area contributed by atoms with E-state index < -0.39 is 0 Å². The molecule has 1 amide bonds. The molecule has 0 fully saturated rings. The van der Waals surface area contributed by atoms with E-state index in [1.165, 1.54) is 0 Å². The molecule has 1 aromatic carbocycles. The minimum Gasteiger partial charge on any atom is -0.497 e. The van der Waals surface area contributed by atoms with Crippen LogP contribution in [-0.4, -0.2) is 58.9 Å². The van der Waals surface area contributed by atoms with Gasteiger partial charge in [-0.1, -0.05) is 0 Å². The zero-order valence-electron chi connectivity index (χ0n) is 13.1. The van der Waals surface area contributed by atoms with Crippen LogP contribution in [0.25, 0.3) is 0 Å². The molecule has 0 aromatic heterocycles. The van der Waals surface area contributed by atoms with E-state index in [1.807, 2.05) is 18.2 Å². The molecule has 1 N–H and O–H groups in total. The molecule has 118 valence electrons. The second-order valence-corrected chi connectivity index (χ2v) is 4.60. The number of benzene rings is 1. The van der Waals surface area contributed by atoms with E-state index in [4.69, 9.17) is 14.2 Å². The van der Waals surface area contributed by atoms with Gasteiger partial charge in [0.2, 0.25) is 5.91 Å². The summed E-state index contributed by atoms with van der Waals surface area (Å²) in [6, 6.07) is 5.57. The number of rotatable bonds is 9. The topological polar surface area (TPSA) is 60.0 Å². The minimum absolute atomic E-state index is 0.0176. The van der Waals surface area contributed by atoms with Gasteiger partial charge < -0.3 is 24.4 Å². The molecule has 0 unspecified atom stereocenters. The Labute approximate surface area is 126 Å². The fraction of sp³-hybridized carbons (Fsp3) is 0.533. The van der Waals surface area contributed by atoms with Crippen molar-refractivity contribution in [1.29, 1.82) is 0 Å². The van der Waals surface area contributed by atoms with Gasteiger partial charge in [-0.2, -0.15) is 0 Å². The highest BCUT2D eigenvalue weighted by molar-refractivity contribution is 5.78. The Bertz CT molecular complexity index is 451. The van der Waals surface area contributed by atoms with Crippen molar-refractivity contribution < 1.29 is 19.0 Å². The van der Waals surface area contributed by atoms with Crippen molar-refractivity contribution in [2.75, 3.05) is 48.1 Å². The molecule has 1 aromatic rings. The minimum atomic E-state index is 0.0176. The van der Waals surface area contributed by atoms with Crippen molar-refractivity contribution in [3.05, 3.63) is 23.8 Å². The molecule has 0 atom stereocenters. The standard InChI is InChI=1S/C15H24N2O4/c1-17(15(18)10-16-7-8-19-2)11-12-5-6-13(20-3)9-14(12)21-4/h5-6,9,16H,7-8,10-11H2,1-4H3. The zero-order chi connectivity index (χ0) is 15.7. The molecule has 0 aliphatic heterocycles. The van der Waals surface area contributed by atoms with Crippen LogP contribution in [0.4, 0.5) is 0 Å². The number of hydrogen-bond donors (Lipinski definition) is 1. The predicted octanol–water partition coefficient (Wildman–Crippen LogP) is 0.898. The Morgan fingerprint density at radius 3 is 2.62 bits per heavy atom. The zero-order valence-corrected chi connectivity index (χ0v) is 13.1. The summed E-state index contributed by atoms with van der Waals surface area (Å²) in [4.78, 5) is 13.6. The Morgan fingerprint density at radius 2 is 2.00 bits per heavy atom. The smallest absolute Gasteiger partial charge is 0.236 e. The second-order valence-electron chi connectivity index (χ2n) is 4.60. The van der Waals surface area contributed by atoms with Crippen molar-refractivity contribution in [3.63, 3.8) is 0 Å². The van der Waals surface area contributed by atoms with E-state index in [0.717, 1.165) is 11.3 Å². The van der Waals surface area contributed by atoms with E-state index in [0.29, 0.717) is 32.0 Å². The third-order valence-corrected chi connectivity index (χ3v) is 3.09. The van der Waals surface area contributed by atoms with Crippen LogP contribution in [0.1, 0.15) is 5.56 Å². The lowest BCUT2D eigenvalue weighted by molar-refractivity contribution is -0.129. The summed E-state index contributed by atoms with van der Waals surface area (Å²) in [5.41, 5.74) is 0.936. The lowest BCUT2D eigenvalue weighted by Crippen LogP contribution is -2.36. The summed E-state index contributed by atoms with van der Waals surface area (Å²) >= 11 is 0. The van der Waals surface area contributed by atoms with Crippen LogP contribution in [0.3, 0.4) is 0 Å². The first-order valence-electron chi connectivity index (χ1n) is 6.77. The Balaban J connectivity index is 2.57. The van der Waals surface area contributed by atoms with Crippen LogP contribution < -0.4 is 14.8 Å². The van der Waals surface area contributed by atoms with Gasteiger partial charge in [0.05, 0.1) is 27.4 Å². The molecule has 1 rings (SSSR count). The van der Waals surface area contributed by atoms with E-state index in [9.17, 15) is 4.79 Å². The van der Waals surface area contributed by atoms with Gasteiger partial charge in [0, 0.05) is 38.9 Å². The predicted molar refractivity (Wildman–Crippen MR) is 80.8 cm³/mol. The molecule has 0 saturated heterocycles. The van der Waals surface area contributed by atoms with Gasteiger partial charge >= 0.3 is 0 Å². The summed E-state index contributed by atoms with van der Waals surface area (Å²) in [6.07, 6.45) is 0. The average Bonchev–Trinajstić information content (AvgIpc) is 2.51. The number of carbonyl (C=O) groups is 1. The van der Waals surface area contributed by atoms with Gasteiger partial charge in [0.1, 0.15) is 11.5 Å². The molecule has 0 aliphatic rings. The average molecular weight is 296 g/mol. The molecule has 21 heavy (non-hydrogen) atoms. The monoisotopic (exact) mass is 296 g/mol. The number of nitrogens with zero attached hydrogens (tertiary/aromatic N) is 1. The van der Waals surface area contributed by atoms with Gasteiger partial charge in [0.25, 0.3) is 0 Å². The maximum Gasteiger partial charge on any atom is 0.236 e. The Hall–Kier alpha value is -1.79. The Kier molecular flexibility index (Phi) is 7.56. The number of likely N-dealkylation sites (N-methyl/N-ethyl adjacent to an activating group) is 1. The van der Waals surface area contributed by atoms with Crippen molar-refractivity contribution in [3.8, 4) is 11.5 Å². The molecular formula is C15H24N2O4. The lowest BCUT2D eigenvalue weighted by atomic mass is 10.1. The van der Waals surface area contributed by atoms with Crippen molar-refractivity contribution >= 4 is 5.91 Å². The van der Waals surface area contributed by atoms with Gasteiger partial charge in [-0.3, -0.25) is 4.79 Å². The summed E-state index contributed by atoms with van der Waals surface area (Å²) in [5, 5.41) is 3.03. The SMILES string of the molecule is COCCNCC(=O)N(C)Cc1ccc(OC)cc1OC. The van der Waals surface area contributed by atoms with E-state index >= 15 is 0 Å². The highest BCUT2D eigenvalue weighted by atomic mass is 16.5. The largest absolute Gasteiger partial charge is 0.497 e. The summed E-state index contributed by atoms with van der Waals surface area (Å²) in [6.45, 7) is 2.02. The van der Waals surface area contributed by atoms with Crippen LogP contribution in [0.2, 0.25) is 0 Å². The molecule has 0 spiro atoms. The van der Waals surface area contributed by atoms with E-state index in [2.05, 4.69) is 5.32 Å². The fourth-order valence-electron chi connectivity index (χ4n) is 1.83. The molecule has 0 heterocycles. The molecular weight excluding hydrogens is 272 g/mol. The van der Waals surface area contributed by atoms with Gasteiger partial charge in [-0.15, -0.1) is 0 Å². The first-order chi connectivity index (χ1) is 10.1. The van der Waals surface area contributed by atoms with Crippen LogP contribution in [0.15, 0.2) is 18.2 Å². The van der Waals surface area contributed by atoms with Crippen LogP contribution >= 0.6 is 0 Å². The molecule has 0 radical (unpaired) electrons. The first kappa shape index (κ1) is 17.3. The number of ether oxygens (including phenoxy) is 3. The molecule has 6 heteroatoms. The second kappa shape index (κ2) is 9.20. The number of carbonyl (C=O) groups excluding carboxylic acids is 1. The first-order valence-corrected chi connectivity index (χ1v) is 6.77. The third-order valence-electron chi connectivity index (χ3n) is 3.09. The molecule has 0 aliphatic carbocycles. The van der Waals surface area contributed by atoms with E-state index in [1.54, 1.807) is 33.3 Å². The molecule has 0 saturated carbocycles. The van der Waals surface area contributed by atoms with Crippen LogP contribution in [0, 0.1) is 0 Å². The normalized spacial score (nSPS) is 10.3. The van der Waals surface area contributed by atoms with Crippen molar-refractivity contribution in [2.45, 2.75) is 6.54 Å². The van der Waals surface area contributed by atoms with Crippen LogP contribution in [0.5, 0.6) is 11.5 Å². The third kappa shape index (κ3) is 5.61. The number of hydrogen-bond acceptors (Lipinski definition) is 5. The number of nitrogens with one attached hydrogen (secondary N) is 1. The van der Waals surface area contributed by atoms with Crippen molar-refractivity contribution in [2.24, 2.45) is 0 Å². The van der Waals surface area contributed by atoms with E-state index in [-0.39, 0.29) is 5.91 Å².